The molecule has 2 heterocycles. The van der Waals surface area contributed by atoms with Gasteiger partial charge in [0, 0.05) is 27.6 Å². The summed E-state index contributed by atoms with van der Waals surface area (Å²) in [6.45, 7) is 0. The summed E-state index contributed by atoms with van der Waals surface area (Å²) in [5, 5.41) is 2.55. The predicted molar refractivity (Wildman–Crippen MR) is 231 cm³/mol. The zero-order chi connectivity index (χ0) is 36.6. The number of benzene rings is 8. The fraction of sp³-hybridized carbons (Fsp3) is 0. The van der Waals surface area contributed by atoms with Crippen molar-refractivity contribution >= 4 is 21.8 Å². The molecule has 0 fully saturated rings. The Morgan fingerprint density at radius 1 is 0.255 bits per heavy atom. The van der Waals surface area contributed by atoms with E-state index in [0.29, 0.717) is 0 Å². The minimum atomic E-state index is 0.956. The third-order valence-corrected chi connectivity index (χ3v) is 10.6. The van der Waals surface area contributed by atoms with E-state index in [2.05, 4.69) is 211 Å². The van der Waals surface area contributed by atoms with Crippen LogP contribution in [0.5, 0.6) is 0 Å². The van der Waals surface area contributed by atoms with Crippen LogP contribution < -0.4 is 0 Å². The summed E-state index contributed by atoms with van der Waals surface area (Å²) < 4.78 is 2.36. The second kappa shape index (κ2) is 13.9. The molecule has 0 spiro atoms. The number of aromatic nitrogens is 2. The van der Waals surface area contributed by atoms with Gasteiger partial charge in [0.25, 0.3) is 0 Å². The lowest BCUT2D eigenvalue weighted by molar-refractivity contribution is 1.18. The first kappa shape index (κ1) is 32.4. The fourth-order valence-electron chi connectivity index (χ4n) is 7.83. The summed E-state index contributed by atoms with van der Waals surface area (Å²) >= 11 is 0. The summed E-state index contributed by atoms with van der Waals surface area (Å²) in [6.07, 6.45) is 0. The Hall–Kier alpha value is -7.29. The van der Waals surface area contributed by atoms with Crippen LogP contribution in [0.1, 0.15) is 0 Å². The topological polar surface area (TPSA) is 17.8 Å². The Morgan fingerprint density at radius 2 is 0.582 bits per heavy atom. The molecule has 8 aromatic carbocycles. The van der Waals surface area contributed by atoms with Crippen molar-refractivity contribution in [3.05, 3.63) is 218 Å². The van der Waals surface area contributed by atoms with Gasteiger partial charge in [0.15, 0.2) is 0 Å². The van der Waals surface area contributed by atoms with Gasteiger partial charge in [-0.1, -0.05) is 164 Å². The predicted octanol–water partition coefficient (Wildman–Crippen LogP) is 14.2. The summed E-state index contributed by atoms with van der Waals surface area (Å²) in [5.74, 6) is 0. The zero-order valence-electron chi connectivity index (χ0n) is 30.2. The monoisotopic (exact) mass is 700 g/mol. The molecule has 258 valence electrons. The highest BCUT2D eigenvalue weighted by Gasteiger charge is 2.14. The lowest BCUT2D eigenvalue weighted by Gasteiger charge is -2.14. The molecule has 0 saturated carbocycles. The van der Waals surface area contributed by atoms with Gasteiger partial charge in [-0.15, -0.1) is 0 Å². The lowest BCUT2D eigenvalue weighted by Crippen LogP contribution is -1.93. The van der Waals surface area contributed by atoms with Crippen molar-refractivity contribution in [3.8, 4) is 72.7 Å². The van der Waals surface area contributed by atoms with Crippen LogP contribution in [0.15, 0.2) is 218 Å². The highest BCUT2D eigenvalue weighted by molar-refractivity contribution is 6.09. The van der Waals surface area contributed by atoms with Gasteiger partial charge in [-0.3, -0.25) is 0 Å². The van der Waals surface area contributed by atoms with Crippen LogP contribution in [0.3, 0.4) is 0 Å². The molecule has 55 heavy (non-hydrogen) atoms. The molecule has 0 amide bonds. The van der Waals surface area contributed by atoms with Crippen molar-refractivity contribution < 1.29 is 0 Å². The average molecular weight is 701 g/mol. The van der Waals surface area contributed by atoms with Crippen LogP contribution in [-0.4, -0.2) is 9.55 Å². The van der Waals surface area contributed by atoms with E-state index in [1.807, 2.05) is 12.1 Å². The summed E-state index contributed by atoms with van der Waals surface area (Å²) in [5.41, 5.74) is 17.1. The summed E-state index contributed by atoms with van der Waals surface area (Å²) in [4.78, 5) is 5.14. The molecule has 0 atom stereocenters. The van der Waals surface area contributed by atoms with Crippen molar-refractivity contribution in [1.29, 1.82) is 0 Å². The number of rotatable bonds is 7. The van der Waals surface area contributed by atoms with Crippen molar-refractivity contribution in [2.45, 2.75) is 0 Å². The first-order chi connectivity index (χ1) is 27.2. The minimum absolute atomic E-state index is 0.956. The Kier molecular flexibility index (Phi) is 8.20. The van der Waals surface area contributed by atoms with E-state index >= 15 is 0 Å². The number of hydrogen-bond donors (Lipinski definition) is 0. The Labute approximate surface area is 321 Å². The molecule has 0 N–H and O–H groups in total. The van der Waals surface area contributed by atoms with Crippen LogP contribution in [0.2, 0.25) is 0 Å². The van der Waals surface area contributed by atoms with Crippen LogP contribution in [0.4, 0.5) is 0 Å². The number of fused-ring (bicyclic) bond motifs is 3. The highest BCUT2D eigenvalue weighted by atomic mass is 15.0. The maximum atomic E-state index is 5.14. The molecule has 2 aromatic heterocycles. The van der Waals surface area contributed by atoms with E-state index in [4.69, 9.17) is 4.98 Å². The van der Waals surface area contributed by atoms with Crippen molar-refractivity contribution in [2.24, 2.45) is 0 Å². The van der Waals surface area contributed by atoms with Crippen LogP contribution in [0.25, 0.3) is 94.5 Å². The van der Waals surface area contributed by atoms with Crippen molar-refractivity contribution in [2.75, 3.05) is 0 Å². The van der Waals surface area contributed by atoms with Gasteiger partial charge in [0.2, 0.25) is 0 Å². The standard InChI is InChI=1S/C53H36N2/c1-4-14-37(15-5-1)43-32-44(34-45(33-43)46-35-50(41-16-6-2-7-17-41)54-51(36-46)42-18-8-3-9-19-42)40-26-24-38(25-27-40)39-28-30-47(31-29-39)55-52-22-12-10-20-48(52)49-21-11-13-23-53(49)55/h1-36H. The van der Waals surface area contributed by atoms with Gasteiger partial charge in [0.1, 0.15) is 0 Å². The number of pyridine rings is 1. The Bertz CT molecular complexity index is 2810. The van der Waals surface area contributed by atoms with Crippen LogP contribution in [-0.2, 0) is 0 Å². The van der Waals surface area contributed by atoms with E-state index in [9.17, 15) is 0 Å². The number of hydrogen-bond acceptors (Lipinski definition) is 1. The average Bonchev–Trinajstić information content (AvgIpc) is 3.61. The van der Waals surface area contributed by atoms with E-state index in [-0.39, 0.29) is 0 Å². The van der Waals surface area contributed by atoms with Crippen LogP contribution >= 0.6 is 0 Å². The molecule has 2 heteroatoms. The van der Waals surface area contributed by atoms with Gasteiger partial charge < -0.3 is 4.57 Å². The Balaban J connectivity index is 1.04. The van der Waals surface area contributed by atoms with Gasteiger partial charge in [-0.2, -0.15) is 0 Å². The maximum absolute atomic E-state index is 5.14. The first-order valence-corrected chi connectivity index (χ1v) is 18.8. The van der Waals surface area contributed by atoms with Crippen molar-refractivity contribution in [1.82, 2.24) is 9.55 Å². The second-order valence-corrected chi connectivity index (χ2v) is 14.0. The van der Waals surface area contributed by atoms with E-state index in [0.717, 1.165) is 39.3 Å². The summed E-state index contributed by atoms with van der Waals surface area (Å²) in [7, 11) is 0. The van der Waals surface area contributed by atoms with Gasteiger partial charge in [0.05, 0.1) is 22.4 Å². The third-order valence-electron chi connectivity index (χ3n) is 10.6. The summed E-state index contributed by atoms with van der Waals surface area (Å²) in [6, 6.07) is 78.2. The minimum Gasteiger partial charge on any atom is -0.309 e. The second-order valence-electron chi connectivity index (χ2n) is 14.0. The molecule has 0 aliphatic rings. The first-order valence-electron chi connectivity index (χ1n) is 18.8. The fourth-order valence-corrected chi connectivity index (χ4v) is 7.83. The molecule has 0 unspecified atom stereocenters. The molecule has 0 radical (unpaired) electrons. The highest BCUT2D eigenvalue weighted by Crippen LogP contribution is 2.37. The normalized spacial score (nSPS) is 11.3. The van der Waals surface area contributed by atoms with Gasteiger partial charge in [-0.05, 0) is 99.1 Å². The quantitative estimate of drug-likeness (QED) is 0.162. The molecule has 0 aliphatic heterocycles. The lowest BCUT2D eigenvalue weighted by atomic mass is 9.92. The van der Waals surface area contributed by atoms with E-state index < -0.39 is 0 Å². The molecule has 10 aromatic rings. The molecule has 0 saturated heterocycles. The molecular weight excluding hydrogens is 665 g/mol. The van der Waals surface area contributed by atoms with Crippen LogP contribution in [0, 0.1) is 0 Å². The molecule has 0 bridgehead atoms. The third kappa shape index (κ3) is 6.20. The Morgan fingerprint density at radius 3 is 1.05 bits per heavy atom. The SMILES string of the molecule is c1ccc(-c2cc(-c3ccc(-c4ccc(-n5c6ccccc6c6ccccc65)cc4)cc3)cc(-c3cc(-c4ccccc4)nc(-c4ccccc4)c3)c2)cc1. The van der Waals surface area contributed by atoms with Gasteiger partial charge in [-0.25, -0.2) is 4.98 Å². The largest absolute Gasteiger partial charge is 0.309 e. The smallest absolute Gasteiger partial charge is 0.0715 e. The molecule has 10 rings (SSSR count). The van der Waals surface area contributed by atoms with E-state index in [1.165, 1.54) is 55.2 Å². The molecular formula is C53H36N2. The van der Waals surface area contributed by atoms with Crippen molar-refractivity contribution in [3.63, 3.8) is 0 Å². The zero-order valence-corrected chi connectivity index (χ0v) is 30.2. The van der Waals surface area contributed by atoms with Gasteiger partial charge >= 0.3 is 0 Å². The molecule has 2 nitrogen and oxygen atoms in total. The maximum Gasteiger partial charge on any atom is 0.0715 e. The number of para-hydroxylation sites is 2. The van der Waals surface area contributed by atoms with E-state index in [1.54, 1.807) is 0 Å². The number of nitrogens with zero attached hydrogens (tertiary/aromatic N) is 2. The molecule has 0 aliphatic carbocycles.